The van der Waals surface area contributed by atoms with Gasteiger partial charge in [0.05, 0.1) is 5.69 Å². The largest absolute Gasteiger partial charge is 0.481 e. The van der Waals surface area contributed by atoms with E-state index in [1.165, 1.54) is 12.8 Å². The maximum atomic E-state index is 13.1. The molecule has 3 aromatic rings. The van der Waals surface area contributed by atoms with Crippen LogP contribution in [0.25, 0.3) is 11.5 Å². The molecule has 1 aromatic carbocycles. The van der Waals surface area contributed by atoms with Gasteiger partial charge in [0.1, 0.15) is 11.5 Å². The number of halogens is 1. The summed E-state index contributed by atoms with van der Waals surface area (Å²) >= 11 is 6.35. The van der Waals surface area contributed by atoms with Crippen molar-refractivity contribution < 1.29 is 23.7 Å². The number of benzene rings is 1. The molecular formula is C28H31ClN2O5. The van der Waals surface area contributed by atoms with E-state index in [1.807, 2.05) is 31.2 Å². The van der Waals surface area contributed by atoms with Crippen molar-refractivity contribution in [2.45, 2.75) is 88.9 Å². The lowest BCUT2D eigenvalue weighted by atomic mass is 9.87. The van der Waals surface area contributed by atoms with Crippen LogP contribution in [0.5, 0.6) is 0 Å². The molecule has 0 spiro atoms. The predicted molar refractivity (Wildman–Crippen MR) is 134 cm³/mol. The number of nitrogens with zero attached hydrogens (tertiary/aromatic N) is 2. The third kappa shape index (κ3) is 5.56. The molecule has 2 aromatic heterocycles. The van der Waals surface area contributed by atoms with Gasteiger partial charge >= 0.3 is 5.97 Å². The van der Waals surface area contributed by atoms with E-state index in [4.69, 9.17) is 20.6 Å². The van der Waals surface area contributed by atoms with E-state index in [1.54, 1.807) is 0 Å². The highest BCUT2D eigenvalue weighted by Crippen LogP contribution is 2.49. The number of aliphatic carboxylic acids is 1. The van der Waals surface area contributed by atoms with Crippen LogP contribution in [0.3, 0.4) is 0 Å². The maximum absolute atomic E-state index is 13.1. The Kier molecular flexibility index (Phi) is 7.28. The third-order valence-electron chi connectivity index (χ3n) is 7.42. The SMILES string of the molecule is Cc1ccc(CC(=O)C[C@H](CCC(=O)O)c2noc(-c3cc(C4CCCC4)on3)c2C2CC2)c(Cl)c1. The summed E-state index contributed by atoms with van der Waals surface area (Å²) in [6, 6.07) is 7.61. The van der Waals surface area contributed by atoms with E-state index < -0.39 is 5.97 Å². The third-order valence-corrected chi connectivity index (χ3v) is 7.78. The number of rotatable bonds is 11. The monoisotopic (exact) mass is 510 g/mol. The molecule has 2 aliphatic rings. The van der Waals surface area contributed by atoms with E-state index in [0.29, 0.717) is 34.5 Å². The number of aryl methyl sites for hydroxylation is 1. The normalized spacial score (nSPS) is 16.9. The molecule has 2 aliphatic carbocycles. The lowest BCUT2D eigenvalue weighted by Gasteiger charge is -2.15. The summed E-state index contributed by atoms with van der Waals surface area (Å²) in [5, 5.41) is 18.6. The van der Waals surface area contributed by atoms with Gasteiger partial charge in [-0.1, -0.05) is 46.9 Å². The first-order chi connectivity index (χ1) is 17.4. The maximum Gasteiger partial charge on any atom is 0.303 e. The van der Waals surface area contributed by atoms with Gasteiger partial charge in [0.2, 0.25) is 0 Å². The first-order valence-corrected chi connectivity index (χ1v) is 13.2. The minimum Gasteiger partial charge on any atom is -0.481 e. The van der Waals surface area contributed by atoms with Crippen LogP contribution in [0.15, 0.2) is 33.3 Å². The van der Waals surface area contributed by atoms with Crippen molar-refractivity contribution in [1.29, 1.82) is 0 Å². The fraction of sp³-hybridized carbons (Fsp3) is 0.500. The molecule has 7 nitrogen and oxygen atoms in total. The number of carboxylic acid groups (broad SMARTS) is 1. The number of ketones is 1. The average Bonchev–Trinajstić information content (AvgIpc) is 3.22. The summed E-state index contributed by atoms with van der Waals surface area (Å²) in [7, 11) is 0. The fourth-order valence-corrected chi connectivity index (χ4v) is 5.64. The molecule has 5 rings (SSSR count). The van der Waals surface area contributed by atoms with Crippen LogP contribution in [0, 0.1) is 6.92 Å². The predicted octanol–water partition coefficient (Wildman–Crippen LogP) is 6.98. The van der Waals surface area contributed by atoms with E-state index in [-0.39, 0.29) is 36.9 Å². The number of hydrogen-bond acceptors (Lipinski definition) is 6. The van der Waals surface area contributed by atoms with Crippen molar-refractivity contribution in [1.82, 2.24) is 10.3 Å². The zero-order chi connectivity index (χ0) is 25.2. The highest BCUT2D eigenvalue weighted by molar-refractivity contribution is 6.31. The van der Waals surface area contributed by atoms with Gasteiger partial charge in [0.25, 0.3) is 0 Å². The fourth-order valence-electron chi connectivity index (χ4n) is 5.34. The minimum absolute atomic E-state index is 0.00704. The van der Waals surface area contributed by atoms with Crippen molar-refractivity contribution in [2.24, 2.45) is 0 Å². The molecule has 0 saturated heterocycles. The van der Waals surface area contributed by atoms with Gasteiger partial charge in [0.15, 0.2) is 11.5 Å². The van der Waals surface area contributed by atoms with Gasteiger partial charge in [-0.05, 0) is 62.1 Å². The molecule has 1 N–H and O–H groups in total. The standard InChI is InChI=1S/C28H31ClN2O5/c1-16-6-7-19(22(29)12-16)13-21(32)14-20(10-11-25(33)34)27-26(18-8-9-18)28(36-31-27)23-15-24(35-30-23)17-4-2-3-5-17/h6-7,12,15,17-18,20H,2-5,8-11,13-14H2,1H3,(H,33,34)/t20-/m0/s1. The Bertz CT molecular complexity index is 1250. The quantitative estimate of drug-likeness (QED) is 0.296. The Morgan fingerprint density at radius 2 is 1.86 bits per heavy atom. The smallest absolute Gasteiger partial charge is 0.303 e. The summed E-state index contributed by atoms with van der Waals surface area (Å²) in [6.45, 7) is 1.95. The van der Waals surface area contributed by atoms with Crippen LogP contribution >= 0.6 is 11.6 Å². The highest BCUT2D eigenvalue weighted by Gasteiger charge is 2.37. The van der Waals surface area contributed by atoms with Crippen LogP contribution in [-0.4, -0.2) is 27.2 Å². The summed E-state index contributed by atoms with van der Waals surface area (Å²) in [5.74, 6) is 0.891. The molecule has 0 amide bonds. The average molecular weight is 511 g/mol. The van der Waals surface area contributed by atoms with E-state index in [2.05, 4.69) is 10.3 Å². The zero-order valence-corrected chi connectivity index (χ0v) is 21.2. The summed E-state index contributed by atoms with van der Waals surface area (Å²) in [5.41, 5.74) is 4.07. The van der Waals surface area contributed by atoms with Crippen LogP contribution < -0.4 is 0 Å². The number of Topliss-reactive ketones (excluding diaryl/α,β-unsaturated/α-hetero) is 1. The minimum atomic E-state index is -0.900. The van der Waals surface area contributed by atoms with Gasteiger partial charge < -0.3 is 14.2 Å². The highest BCUT2D eigenvalue weighted by atomic mass is 35.5. The first-order valence-electron chi connectivity index (χ1n) is 12.8. The van der Waals surface area contributed by atoms with Gasteiger partial charge in [-0.15, -0.1) is 0 Å². The number of hydrogen-bond donors (Lipinski definition) is 1. The second-order valence-corrected chi connectivity index (χ2v) is 10.7. The topological polar surface area (TPSA) is 106 Å². The second kappa shape index (κ2) is 10.6. The molecule has 0 unspecified atom stereocenters. The zero-order valence-electron chi connectivity index (χ0n) is 20.5. The Hall–Kier alpha value is -2.93. The van der Waals surface area contributed by atoms with Crippen molar-refractivity contribution in [3.05, 3.63) is 57.4 Å². The second-order valence-electron chi connectivity index (χ2n) is 10.3. The molecule has 36 heavy (non-hydrogen) atoms. The van der Waals surface area contributed by atoms with Crippen molar-refractivity contribution in [2.75, 3.05) is 0 Å². The van der Waals surface area contributed by atoms with Gasteiger partial charge in [-0.2, -0.15) is 0 Å². The molecule has 2 heterocycles. The molecule has 0 bridgehead atoms. The molecular weight excluding hydrogens is 480 g/mol. The summed E-state index contributed by atoms with van der Waals surface area (Å²) in [4.78, 5) is 24.5. The molecule has 1 atom stereocenters. The van der Waals surface area contributed by atoms with E-state index >= 15 is 0 Å². The van der Waals surface area contributed by atoms with E-state index in [9.17, 15) is 14.7 Å². The number of carbonyl (C=O) groups excluding carboxylic acids is 1. The lowest BCUT2D eigenvalue weighted by Crippen LogP contribution is -2.13. The van der Waals surface area contributed by atoms with Crippen molar-refractivity contribution >= 4 is 23.4 Å². The number of aromatic nitrogens is 2. The number of carbonyl (C=O) groups is 2. The summed E-state index contributed by atoms with van der Waals surface area (Å²) < 4.78 is 11.5. The molecule has 0 aliphatic heterocycles. The summed E-state index contributed by atoms with van der Waals surface area (Å²) in [6.07, 6.45) is 7.26. The molecule has 0 radical (unpaired) electrons. The first kappa shape index (κ1) is 24.8. The van der Waals surface area contributed by atoms with Crippen molar-refractivity contribution in [3.8, 4) is 11.5 Å². The van der Waals surface area contributed by atoms with Gasteiger partial charge in [-0.25, -0.2) is 0 Å². The Labute approximate surface area is 215 Å². The van der Waals surface area contributed by atoms with Crippen molar-refractivity contribution in [3.63, 3.8) is 0 Å². The molecule has 190 valence electrons. The van der Waals surface area contributed by atoms with Crippen LogP contribution in [0.4, 0.5) is 0 Å². The van der Waals surface area contributed by atoms with Crippen LogP contribution in [-0.2, 0) is 16.0 Å². The Morgan fingerprint density at radius 3 is 2.56 bits per heavy atom. The van der Waals surface area contributed by atoms with Gasteiger partial charge in [0, 0.05) is 47.8 Å². The van der Waals surface area contributed by atoms with Crippen LogP contribution in [0.2, 0.25) is 5.02 Å². The Balaban J connectivity index is 1.41. The number of carboxylic acids is 1. The van der Waals surface area contributed by atoms with E-state index in [0.717, 1.165) is 48.1 Å². The van der Waals surface area contributed by atoms with Crippen LogP contribution in [0.1, 0.15) is 104 Å². The molecule has 2 fully saturated rings. The Morgan fingerprint density at radius 1 is 1.08 bits per heavy atom. The van der Waals surface area contributed by atoms with Gasteiger partial charge in [-0.3, -0.25) is 9.59 Å². The molecule has 2 saturated carbocycles. The molecule has 8 heteroatoms. The lowest BCUT2D eigenvalue weighted by molar-refractivity contribution is -0.137.